The van der Waals surface area contributed by atoms with Crippen LogP contribution in [0.1, 0.15) is 16.7 Å². The van der Waals surface area contributed by atoms with Gasteiger partial charge in [0.1, 0.15) is 0 Å². The van der Waals surface area contributed by atoms with E-state index in [4.69, 9.17) is 11.6 Å². The molecule has 0 aliphatic carbocycles. The molecule has 0 aliphatic rings. The Balaban J connectivity index is 1.70. The maximum absolute atomic E-state index is 12.3. The maximum Gasteiger partial charge on any atom is 0.234 e. The number of anilines is 1. The van der Waals surface area contributed by atoms with Gasteiger partial charge in [0.15, 0.2) is 0 Å². The summed E-state index contributed by atoms with van der Waals surface area (Å²) >= 11 is 7.51. The fourth-order valence-corrected chi connectivity index (χ4v) is 3.65. The summed E-state index contributed by atoms with van der Waals surface area (Å²) in [6.07, 6.45) is 0. The predicted molar refractivity (Wildman–Crippen MR) is 104 cm³/mol. The number of nitrogens with one attached hydrogen (secondary N) is 1. The standard InChI is InChI=1S/C18H18ClN5OS/c1-11-8-13(3)17(14(19)9-11)20-16(25)10-26-18-21-22-23-24(18)15-7-5-4-6-12(15)2/h4-9H,10H2,1-3H3,(H,20,25). The molecule has 1 heterocycles. The van der Waals surface area contributed by atoms with Crippen molar-refractivity contribution in [2.24, 2.45) is 0 Å². The highest BCUT2D eigenvalue weighted by Gasteiger charge is 2.14. The number of aryl methyl sites for hydroxylation is 3. The number of amides is 1. The van der Waals surface area contributed by atoms with Crippen LogP contribution in [0.15, 0.2) is 41.6 Å². The summed E-state index contributed by atoms with van der Waals surface area (Å²) in [4.78, 5) is 12.3. The monoisotopic (exact) mass is 387 g/mol. The van der Waals surface area contributed by atoms with E-state index >= 15 is 0 Å². The Labute approximate surface area is 160 Å². The van der Waals surface area contributed by atoms with Gasteiger partial charge >= 0.3 is 0 Å². The number of thioether (sulfide) groups is 1. The fraction of sp³-hybridized carbons (Fsp3) is 0.222. The van der Waals surface area contributed by atoms with Crippen LogP contribution in [0.3, 0.4) is 0 Å². The van der Waals surface area contributed by atoms with Crippen LogP contribution in [-0.2, 0) is 4.79 Å². The second kappa shape index (κ2) is 7.88. The van der Waals surface area contributed by atoms with E-state index in [0.29, 0.717) is 15.9 Å². The van der Waals surface area contributed by atoms with Crippen molar-refractivity contribution in [1.29, 1.82) is 0 Å². The third kappa shape index (κ3) is 4.05. The number of halogens is 1. The highest BCUT2D eigenvalue weighted by molar-refractivity contribution is 7.99. The summed E-state index contributed by atoms with van der Waals surface area (Å²) < 4.78 is 1.64. The van der Waals surface area contributed by atoms with Crippen molar-refractivity contribution < 1.29 is 4.79 Å². The summed E-state index contributed by atoms with van der Waals surface area (Å²) in [6, 6.07) is 11.6. The molecule has 0 fully saturated rings. The van der Waals surface area contributed by atoms with Crippen molar-refractivity contribution in [3.05, 3.63) is 58.1 Å². The molecule has 0 saturated carbocycles. The number of nitrogens with zero attached hydrogens (tertiary/aromatic N) is 4. The molecular formula is C18H18ClN5OS. The first-order valence-electron chi connectivity index (χ1n) is 7.99. The van der Waals surface area contributed by atoms with Crippen LogP contribution in [0, 0.1) is 20.8 Å². The van der Waals surface area contributed by atoms with Gasteiger partial charge in [0, 0.05) is 0 Å². The number of hydrogen-bond acceptors (Lipinski definition) is 5. The molecule has 1 aromatic heterocycles. The second-order valence-corrected chi connectivity index (χ2v) is 7.28. The lowest BCUT2D eigenvalue weighted by molar-refractivity contribution is -0.113. The Morgan fingerprint density at radius 2 is 1.96 bits per heavy atom. The van der Waals surface area contributed by atoms with Gasteiger partial charge in [-0.25, -0.2) is 0 Å². The summed E-state index contributed by atoms with van der Waals surface area (Å²) in [7, 11) is 0. The van der Waals surface area contributed by atoms with Gasteiger partial charge in [-0.1, -0.05) is 47.6 Å². The van der Waals surface area contributed by atoms with Crippen LogP contribution < -0.4 is 5.32 Å². The lowest BCUT2D eigenvalue weighted by atomic mass is 10.1. The number of benzene rings is 2. The molecule has 0 spiro atoms. The molecule has 1 amide bonds. The van der Waals surface area contributed by atoms with E-state index in [0.717, 1.165) is 22.4 Å². The minimum atomic E-state index is -0.164. The number of tetrazole rings is 1. The van der Waals surface area contributed by atoms with Gasteiger partial charge < -0.3 is 5.32 Å². The van der Waals surface area contributed by atoms with Crippen molar-refractivity contribution >= 4 is 35.0 Å². The number of carbonyl (C=O) groups excluding carboxylic acids is 1. The molecule has 1 N–H and O–H groups in total. The molecule has 0 radical (unpaired) electrons. The van der Waals surface area contributed by atoms with Crippen LogP contribution in [0.5, 0.6) is 0 Å². The minimum Gasteiger partial charge on any atom is -0.324 e. The summed E-state index contributed by atoms with van der Waals surface area (Å²) in [5, 5.41) is 15.7. The van der Waals surface area contributed by atoms with E-state index < -0.39 is 0 Å². The third-order valence-corrected chi connectivity index (χ3v) is 5.03. The Kier molecular flexibility index (Phi) is 5.58. The normalized spacial score (nSPS) is 10.8. The van der Waals surface area contributed by atoms with Crippen LogP contribution in [-0.4, -0.2) is 31.9 Å². The average molecular weight is 388 g/mol. The molecular weight excluding hydrogens is 370 g/mol. The highest BCUT2D eigenvalue weighted by Crippen LogP contribution is 2.28. The van der Waals surface area contributed by atoms with Crippen molar-refractivity contribution in [2.45, 2.75) is 25.9 Å². The second-order valence-electron chi connectivity index (χ2n) is 5.94. The quantitative estimate of drug-likeness (QED) is 0.670. The topological polar surface area (TPSA) is 72.7 Å². The lowest BCUT2D eigenvalue weighted by Gasteiger charge is -2.11. The van der Waals surface area contributed by atoms with Crippen molar-refractivity contribution in [3.8, 4) is 5.69 Å². The Hall–Kier alpha value is -2.38. The zero-order valence-electron chi connectivity index (χ0n) is 14.7. The summed E-state index contributed by atoms with van der Waals surface area (Å²) in [6.45, 7) is 5.87. The number of aromatic nitrogens is 4. The molecule has 3 rings (SSSR count). The van der Waals surface area contributed by atoms with Crippen molar-refractivity contribution in [2.75, 3.05) is 11.1 Å². The minimum absolute atomic E-state index is 0.164. The van der Waals surface area contributed by atoms with E-state index in [1.165, 1.54) is 11.8 Å². The number of para-hydroxylation sites is 1. The summed E-state index contributed by atoms with van der Waals surface area (Å²) in [5.41, 5.74) is 4.56. The largest absolute Gasteiger partial charge is 0.324 e. The molecule has 134 valence electrons. The van der Waals surface area contributed by atoms with Gasteiger partial charge in [0.2, 0.25) is 11.1 Å². The first-order valence-corrected chi connectivity index (χ1v) is 9.36. The van der Waals surface area contributed by atoms with E-state index in [1.807, 2.05) is 57.2 Å². The van der Waals surface area contributed by atoms with E-state index in [-0.39, 0.29) is 11.7 Å². The first kappa shape index (κ1) is 18.4. The molecule has 6 nitrogen and oxygen atoms in total. The van der Waals surface area contributed by atoms with Crippen molar-refractivity contribution in [1.82, 2.24) is 20.2 Å². The molecule has 0 bridgehead atoms. The molecule has 0 atom stereocenters. The molecule has 3 aromatic rings. The Morgan fingerprint density at radius 1 is 1.19 bits per heavy atom. The third-order valence-electron chi connectivity index (χ3n) is 3.81. The molecule has 0 unspecified atom stereocenters. The smallest absolute Gasteiger partial charge is 0.234 e. The molecule has 2 aromatic carbocycles. The molecule has 26 heavy (non-hydrogen) atoms. The zero-order chi connectivity index (χ0) is 18.7. The first-order chi connectivity index (χ1) is 12.5. The molecule has 0 saturated heterocycles. The van der Waals surface area contributed by atoms with E-state index in [9.17, 15) is 4.79 Å². The van der Waals surface area contributed by atoms with Gasteiger partial charge in [-0.05, 0) is 60.0 Å². The van der Waals surface area contributed by atoms with Gasteiger partial charge in [-0.15, -0.1) is 5.10 Å². The number of hydrogen-bond donors (Lipinski definition) is 1. The van der Waals surface area contributed by atoms with Gasteiger partial charge in [-0.2, -0.15) is 4.68 Å². The van der Waals surface area contributed by atoms with Crippen LogP contribution in [0.4, 0.5) is 5.69 Å². The molecule has 0 aliphatic heterocycles. The van der Waals surface area contributed by atoms with Crippen LogP contribution in [0.2, 0.25) is 5.02 Å². The lowest BCUT2D eigenvalue weighted by Crippen LogP contribution is -2.16. The van der Waals surface area contributed by atoms with Crippen LogP contribution >= 0.6 is 23.4 Å². The average Bonchev–Trinajstić information content (AvgIpc) is 3.05. The maximum atomic E-state index is 12.3. The summed E-state index contributed by atoms with van der Waals surface area (Å²) in [5.74, 6) is 0.0128. The number of rotatable bonds is 5. The fourth-order valence-electron chi connectivity index (χ4n) is 2.60. The van der Waals surface area contributed by atoms with E-state index in [1.54, 1.807) is 4.68 Å². The highest BCUT2D eigenvalue weighted by atomic mass is 35.5. The Morgan fingerprint density at radius 3 is 2.69 bits per heavy atom. The number of carbonyl (C=O) groups is 1. The molecule has 8 heteroatoms. The van der Waals surface area contributed by atoms with Crippen LogP contribution in [0.25, 0.3) is 5.69 Å². The van der Waals surface area contributed by atoms with Gasteiger partial charge in [0.05, 0.1) is 22.2 Å². The SMILES string of the molecule is Cc1cc(C)c(NC(=O)CSc2nnnn2-c2ccccc2C)c(Cl)c1. The Bertz CT molecular complexity index is 933. The zero-order valence-corrected chi connectivity index (χ0v) is 16.2. The van der Waals surface area contributed by atoms with Gasteiger partial charge in [0.25, 0.3) is 0 Å². The van der Waals surface area contributed by atoms with E-state index in [2.05, 4.69) is 20.8 Å². The van der Waals surface area contributed by atoms with Gasteiger partial charge in [-0.3, -0.25) is 4.79 Å². The van der Waals surface area contributed by atoms with Crippen molar-refractivity contribution in [3.63, 3.8) is 0 Å². The predicted octanol–water partition coefficient (Wildman–Crippen LogP) is 3.97.